The third-order valence-electron chi connectivity index (χ3n) is 3.01. The minimum Gasteiger partial charge on any atom is -0.492 e. The number of nitrogens with zero attached hydrogens (tertiary/aromatic N) is 3. The molecule has 2 aromatic rings. The summed E-state index contributed by atoms with van der Waals surface area (Å²) in [5, 5.41) is 14.2. The number of hydrogen-bond donors (Lipinski definition) is 1. The number of rotatable bonds is 6. The van der Waals surface area contributed by atoms with Crippen LogP contribution in [0.15, 0.2) is 18.9 Å². The van der Waals surface area contributed by atoms with Crippen molar-refractivity contribution < 1.29 is 14.6 Å². The Kier molecular flexibility index (Phi) is 4.02. The Labute approximate surface area is 116 Å². The van der Waals surface area contributed by atoms with E-state index in [0.29, 0.717) is 29.1 Å². The fourth-order valence-electron chi connectivity index (χ4n) is 2.08. The van der Waals surface area contributed by atoms with Gasteiger partial charge in [0, 0.05) is 13.2 Å². The van der Waals surface area contributed by atoms with Gasteiger partial charge in [0.2, 0.25) is 0 Å². The van der Waals surface area contributed by atoms with Crippen LogP contribution in [-0.2, 0) is 7.05 Å². The number of carboxylic acid groups (broad SMARTS) is 1. The van der Waals surface area contributed by atoms with E-state index in [0.717, 1.165) is 12.8 Å². The molecule has 0 atom stereocenters. The van der Waals surface area contributed by atoms with Gasteiger partial charge in [-0.1, -0.05) is 6.08 Å². The molecule has 0 aliphatic rings. The SMILES string of the molecule is C=CCCCOc1c(C(=O)O)cnc2c1c(C)nn2C. The van der Waals surface area contributed by atoms with Crippen molar-refractivity contribution in [1.29, 1.82) is 0 Å². The zero-order chi connectivity index (χ0) is 14.7. The highest BCUT2D eigenvalue weighted by Gasteiger charge is 2.20. The number of allylic oxidation sites excluding steroid dienone is 1. The van der Waals surface area contributed by atoms with Gasteiger partial charge in [-0.2, -0.15) is 5.10 Å². The Hall–Kier alpha value is -2.37. The van der Waals surface area contributed by atoms with Crippen molar-refractivity contribution >= 4 is 17.0 Å². The minimum atomic E-state index is -1.05. The van der Waals surface area contributed by atoms with Crippen LogP contribution in [0.4, 0.5) is 0 Å². The third-order valence-corrected chi connectivity index (χ3v) is 3.01. The van der Waals surface area contributed by atoms with E-state index in [1.807, 2.05) is 6.92 Å². The van der Waals surface area contributed by atoms with Crippen LogP contribution in [0.2, 0.25) is 0 Å². The molecule has 6 heteroatoms. The lowest BCUT2D eigenvalue weighted by atomic mass is 10.1. The molecular weight excluding hydrogens is 258 g/mol. The number of fused-ring (bicyclic) bond motifs is 1. The van der Waals surface area contributed by atoms with Crippen molar-refractivity contribution in [3.8, 4) is 5.75 Å². The second kappa shape index (κ2) is 5.73. The number of aromatic nitrogens is 3. The van der Waals surface area contributed by atoms with E-state index in [1.54, 1.807) is 17.8 Å². The summed E-state index contributed by atoms with van der Waals surface area (Å²) in [5.41, 5.74) is 1.38. The van der Waals surface area contributed by atoms with E-state index < -0.39 is 5.97 Å². The maximum Gasteiger partial charge on any atom is 0.341 e. The van der Waals surface area contributed by atoms with Gasteiger partial charge < -0.3 is 9.84 Å². The second-order valence-corrected chi connectivity index (χ2v) is 4.49. The first-order valence-corrected chi connectivity index (χ1v) is 6.35. The Morgan fingerprint density at radius 3 is 3.00 bits per heavy atom. The highest BCUT2D eigenvalue weighted by atomic mass is 16.5. The molecule has 2 rings (SSSR count). The number of carboxylic acids is 1. The van der Waals surface area contributed by atoms with Crippen molar-refractivity contribution in [1.82, 2.24) is 14.8 Å². The lowest BCUT2D eigenvalue weighted by Crippen LogP contribution is -2.06. The molecule has 0 saturated heterocycles. The van der Waals surface area contributed by atoms with Crippen molar-refractivity contribution in [2.45, 2.75) is 19.8 Å². The first-order valence-electron chi connectivity index (χ1n) is 6.35. The molecule has 0 radical (unpaired) electrons. The third kappa shape index (κ3) is 2.49. The molecule has 2 heterocycles. The summed E-state index contributed by atoms with van der Waals surface area (Å²) in [5.74, 6) is -0.710. The second-order valence-electron chi connectivity index (χ2n) is 4.49. The van der Waals surface area contributed by atoms with E-state index in [9.17, 15) is 9.90 Å². The molecule has 0 aromatic carbocycles. The molecule has 6 nitrogen and oxygen atoms in total. The smallest absolute Gasteiger partial charge is 0.341 e. The average molecular weight is 275 g/mol. The van der Waals surface area contributed by atoms with E-state index in [4.69, 9.17) is 4.74 Å². The fraction of sp³-hybridized carbons (Fsp3) is 0.357. The van der Waals surface area contributed by atoms with Gasteiger partial charge >= 0.3 is 5.97 Å². The van der Waals surface area contributed by atoms with Gasteiger partial charge in [0.25, 0.3) is 0 Å². The molecule has 1 N–H and O–H groups in total. The molecule has 0 amide bonds. The first kappa shape index (κ1) is 14.0. The molecule has 0 saturated carbocycles. The Bertz CT molecular complexity index is 661. The maximum absolute atomic E-state index is 11.3. The van der Waals surface area contributed by atoms with Crippen molar-refractivity contribution in [2.24, 2.45) is 7.05 Å². The topological polar surface area (TPSA) is 77.2 Å². The van der Waals surface area contributed by atoms with Crippen molar-refractivity contribution in [2.75, 3.05) is 6.61 Å². The van der Waals surface area contributed by atoms with Gasteiger partial charge in [-0.15, -0.1) is 6.58 Å². The van der Waals surface area contributed by atoms with Crippen molar-refractivity contribution in [3.63, 3.8) is 0 Å². The number of unbranched alkanes of at least 4 members (excludes halogenated alkanes) is 1. The lowest BCUT2D eigenvalue weighted by molar-refractivity contribution is 0.0692. The van der Waals surface area contributed by atoms with E-state index in [1.165, 1.54) is 6.20 Å². The summed E-state index contributed by atoms with van der Waals surface area (Å²) in [6, 6.07) is 0. The number of aromatic carboxylic acids is 1. The molecule has 0 aliphatic heterocycles. The molecule has 0 unspecified atom stereocenters. The number of aryl methyl sites for hydroxylation is 2. The van der Waals surface area contributed by atoms with Crippen LogP contribution in [-0.4, -0.2) is 32.4 Å². The number of carbonyl (C=O) groups is 1. The van der Waals surface area contributed by atoms with E-state index in [-0.39, 0.29) is 5.56 Å². The Balaban J connectivity index is 2.48. The summed E-state index contributed by atoms with van der Waals surface area (Å²) < 4.78 is 7.30. The molecular formula is C14H17N3O3. The van der Waals surface area contributed by atoms with Gasteiger partial charge in [-0.25, -0.2) is 9.78 Å². The summed E-state index contributed by atoms with van der Waals surface area (Å²) in [6.07, 6.45) is 4.72. The fourth-order valence-corrected chi connectivity index (χ4v) is 2.08. The van der Waals surface area contributed by atoms with Crippen LogP contribution < -0.4 is 4.74 Å². The normalized spacial score (nSPS) is 10.7. The quantitative estimate of drug-likeness (QED) is 0.646. The average Bonchev–Trinajstić information content (AvgIpc) is 2.70. The molecule has 0 spiro atoms. The van der Waals surface area contributed by atoms with Crippen LogP contribution in [0.3, 0.4) is 0 Å². The number of pyridine rings is 1. The van der Waals surface area contributed by atoms with Crippen LogP contribution in [0.25, 0.3) is 11.0 Å². The van der Waals surface area contributed by atoms with E-state index >= 15 is 0 Å². The van der Waals surface area contributed by atoms with Gasteiger partial charge in [-0.3, -0.25) is 4.68 Å². The molecule has 0 bridgehead atoms. The van der Waals surface area contributed by atoms with Crippen molar-refractivity contribution in [3.05, 3.63) is 30.1 Å². The highest BCUT2D eigenvalue weighted by molar-refractivity contribution is 5.98. The van der Waals surface area contributed by atoms with Crippen LogP contribution in [0.5, 0.6) is 5.75 Å². The standard InChI is InChI=1S/C14H17N3O3/c1-4-5-6-7-20-12-10(14(18)19)8-15-13-11(12)9(2)16-17(13)3/h4,8H,1,5-7H2,2-3H3,(H,18,19). The Morgan fingerprint density at radius 1 is 1.60 bits per heavy atom. The maximum atomic E-state index is 11.3. The monoisotopic (exact) mass is 275 g/mol. The first-order chi connectivity index (χ1) is 9.56. The largest absolute Gasteiger partial charge is 0.492 e. The molecule has 20 heavy (non-hydrogen) atoms. The number of hydrogen-bond acceptors (Lipinski definition) is 4. The van der Waals surface area contributed by atoms with Gasteiger partial charge in [0.1, 0.15) is 11.3 Å². The van der Waals surface area contributed by atoms with Gasteiger partial charge in [-0.05, 0) is 19.8 Å². The predicted octanol–water partition coefficient (Wildman–Crippen LogP) is 2.32. The highest BCUT2D eigenvalue weighted by Crippen LogP contribution is 2.30. The molecule has 0 fully saturated rings. The van der Waals surface area contributed by atoms with Gasteiger partial charge in [0.15, 0.2) is 5.65 Å². The predicted molar refractivity (Wildman–Crippen MR) is 75.1 cm³/mol. The molecule has 106 valence electrons. The zero-order valence-electron chi connectivity index (χ0n) is 11.6. The summed E-state index contributed by atoms with van der Waals surface area (Å²) in [7, 11) is 1.77. The number of ether oxygens (including phenoxy) is 1. The Morgan fingerprint density at radius 2 is 2.35 bits per heavy atom. The van der Waals surface area contributed by atoms with Crippen LogP contribution >= 0.6 is 0 Å². The minimum absolute atomic E-state index is 0.0622. The zero-order valence-corrected chi connectivity index (χ0v) is 11.6. The lowest BCUT2D eigenvalue weighted by Gasteiger charge is -2.10. The van der Waals surface area contributed by atoms with Gasteiger partial charge in [0.05, 0.1) is 17.7 Å². The summed E-state index contributed by atoms with van der Waals surface area (Å²) in [4.78, 5) is 15.5. The molecule has 2 aromatic heterocycles. The van der Waals surface area contributed by atoms with Crippen LogP contribution in [0.1, 0.15) is 28.9 Å². The van der Waals surface area contributed by atoms with E-state index in [2.05, 4.69) is 16.7 Å². The molecule has 0 aliphatic carbocycles. The summed E-state index contributed by atoms with van der Waals surface area (Å²) in [6.45, 7) is 5.89. The summed E-state index contributed by atoms with van der Waals surface area (Å²) >= 11 is 0. The van der Waals surface area contributed by atoms with Crippen LogP contribution in [0, 0.1) is 6.92 Å².